The summed E-state index contributed by atoms with van der Waals surface area (Å²) in [5.41, 5.74) is 1.85. The first kappa shape index (κ1) is 14.1. The molecule has 0 atom stereocenters. The first-order valence-corrected chi connectivity index (χ1v) is 6.28. The van der Waals surface area contributed by atoms with Gasteiger partial charge in [0.2, 0.25) is 0 Å². The number of aromatic nitrogens is 2. The van der Waals surface area contributed by atoms with Crippen LogP contribution < -0.4 is 4.74 Å². The van der Waals surface area contributed by atoms with Crippen molar-refractivity contribution in [1.29, 1.82) is 0 Å². The lowest BCUT2D eigenvalue weighted by Crippen LogP contribution is -2.10. The van der Waals surface area contributed by atoms with Crippen molar-refractivity contribution in [3.63, 3.8) is 0 Å². The molecule has 0 aliphatic rings. The van der Waals surface area contributed by atoms with Crippen molar-refractivity contribution in [1.82, 2.24) is 10.2 Å². The smallest absolute Gasteiger partial charge is 0.198 e. The van der Waals surface area contributed by atoms with Gasteiger partial charge in [0.25, 0.3) is 0 Å². The summed E-state index contributed by atoms with van der Waals surface area (Å²) in [6, 6.07) is 5.54. The van der Waals surface area contributed by atoms with Crippen LogP contribution in [0.3, 0.4) is 0 Å². The Hall–Kier alpha value is -2.30. The largest absolute Gasteiger partial charge is 0.496 e. The van der Waals surface area contributed by atoms with Crippen molar-refractivity contribution in [2.24, 2.45) is 0 Å². The van der Waals surface area contributed by atoms with Crippen LogP contribution >= 0.6 is 0 Å². The first-order valence-electron chi connectivity index (χ1n) is 6.28. The third-order valence-corrected chi connectivity index (χ3v) is 2.98. The molecule has 0 N–H and O–H groups in total. The highest BCUT2D eigenvalue weighted by Gasteiger charge is 2.19. The number of ketones is 1. The fourth-order valence-corrected chi connectivity index (χ4v) is 1.97. The van der Waals surface area contributed by atoms with Crippen LogP contribution in [0.15, 0.2) is 24.3 Å². The molecule has 104 valence electrons. The summed E-state index contributed by atoms with van der Waals surface area (Å²) in [5.74, 6) is -0.449. The molecular weight excluding hydrogens is 259 g/mol. The minimum absolute atomic E-state index is 0.189. The van der Waals surface area contributed by atoms with E-state index in [-0.39, 0.29) is 11.3 Å². The van der Waals surface area contributed by atoms with Gasteiger partial charge in [-0.3, -0.25) is 4.79 Å². The zero-order valence-electron chi connectivity index (χ0n) is 11.6. The van der Waals surface area contributed by atoms with Crippen LogP contribution in [0, 0.1) is 12.7 Å². The summed E-state index contributed by atoms with van der Waals surface area (Å²) in [4.78, 5) is 12.6. The van der Waals surface area contributed by atoms with Gasteiger partial charge >= 0.3 is 0 Å². The number of halogens is 1. The molecule has 20 heavy (non-hydrogen) atoms. The standard InChI is InChI=1S/C15H15FN2O2/c1-4-13-11(7-9(2)17-18-13)15(19)12-8-10(16)5-6-14(12)20-3/h5-8H,4H2,1-3H3. The molecule has 2 rings (SSSR count). The van der Waals surface area contributed by atoms with E-state index < -0.39 is 5.82 Å². The molecule has 1 aromatic carbocycles. The van der Waals surface area contributed by atoms with Crippen molar-refractivity contribution in [3.8, 4) is 5.75 Å². The molecule has 5 heteroatoms. The molecule has 0 aliphatic heterocycles. The van der Waals surface area contributed by atoms with E-state index >= 15 is 0 Å². The van der Waals surface area contributed by atoms with Gasteiger partial charge in [-0.25, -0.2) is 4.39 Å². The van der Waals surface area contributed by atoms with Gasteiger partial charge < -0.3 is 4.74 Å². The molecule has 1 aromatic heterocycles. The van der Waals surface area contributed by atoms with Gasteiger partial charge in [0, 0.05) is 5.56 Å². The van der Waals surface area contributed by atoms with E-state index in [2.05, 4.69) is 10.2 Å². The van der Waals surface area contributed by atoms with Gasteiger partial charge in [-0.1, -0.05) is 6.92 Å². The number of aryl methyl sites for hydroxylation is 2. The Balaban J connectivity index is 2.56. The molecule has 0 fully saturated rings. The molecule has 0 radical (unpaired) electrons. The summed E-state index contributed by atoms with van der Waals surface area (Å²) in [7, 11) is 1.45. The third-order valence-electron chi connectivity index (χ3n) is 2.98. The fourth-order valence-electron chi connectivity index (χ4n) is 1.97. The van der Waals surface area contributed by atoms with Crippen molar-refractivity contribution < 1.29 is 13.9 Å². The predicted octanol–water partition coefficient (Wildman–Crippen LogP) is 2.73. The number of nitrogens with zero attached hydrogens (tertiary/aromatic N) is 2. The van der Waals surface area contributed by atoms with Gasteiger partial charge in [-0.15, -0.1) is 0 Å². The second-order valence-electron chi connectivity index (χ2n) is 4.37. The Morgan fingerprint density at radius 3 is 2.65 bits per heavy atom. The maximum Gasteiger partial charge on any atom is 0.198 e. The van der Waals surface area contributed by atoms with Gasteiger partial charge in [0.1, 0.15) is 11.6 Å². The maximum atomic E-state index is 13.4. The maximum absolute atomic E-state index is 13.4. The Bertz CT molecular complexity index is 601. The lowest BCUT2D eigenvalue weighted by molar-refractivity contribution is 0.103. The first-order chi connectivity index (χ1) is 9.56. The molecule has 0 spiro atoms. The van der Waals surface area contributed by atoms with E-state index in [4.69, 9.17) is 4.74 Å². The lowest BCUT2D eigenvalue weighted by atomic mass is 10.00. The van der Waals surface area contributed by atoms with E-state index in [9.17, 15) is 9.18 Å². The highest BCUT2D eigenvalue weighted by atomic mass is 19.1. The van der Waals surface area contributed by atoms with Crippen molar-refractivity contribution in [2.45, 2.75) is 20.3 Å². The van der Waals surface area contributed by atoms with Crippen molar-refractivity contribution in [3.05, 3.63) is 52.6 Å². The number of hydrogen-bond donors (Lipinski definition) is 0. The van der Waals surface area contributed by atoms with E-state index in [1.807, 2.05) is 6.92 Å². The summed E-state index contributed by atoms with van der Waals surface area (Å²) in [6.07, 6.45) is 0.575. The monoisotopic (exact) mass is 274 g/mol. The number of rotatable bonds is 4. The van der Waals surface area contributed by atoms with Gasteiger partial charge in [0.05, 0.1) is 24.1 Å². The summed E-state index contributed by atoms with van der Waals surface area (Å²) in [5, 5.41) is 7.96. The second-order valence-corrected chi connectivity index (χ2v) is 4.37. The molecular formula is C15H15FN2O2. The summed E-state index contributed by atoms with van der Waals surface area (Å²) in [6.45, 7) is 3.64. The van der Waals surface area contributed by atoms with Gasteiger partial charge in [-0.2, -0.15) is 10.2 Å². The molecule has 1 heterocycles. The zero-order valence-corrected chi connectivity index (χ0v) is 11.6. The lowest BCUT2D eigenvalue weighted by Gasteiger charge is -2.10. The molecule has 0 aliphatic carbocycles. The second kappa shape index (κ2) is 5.77. The normalized spacial score (nSPS) is 10.4. The van der Waals surface area contributed by atoms with Crippen LogP contribution in [0.1, 0.15) is 34.2 Å². The van der Waals surface area contributed by atoms with Gasteiger partial charge in [-0.05, 0) is 37.6 Å². The summed E-state index contributed by atoms with van der Waals surface area (Å²) >= 11 is 0. The molecule has 0 amide bonds. The Morgan fingerprint density at radius 2 is 2.00 bits per heavy atom. The van der Waals surface area contributed by atoms with Crippen LogP contribution in [0.2, 0.25) is 0 Å². The number of carbonyl (C=O) groups excluding carboxylic acids is 1. The quantitative estimate of drug-likeness (QED) is 0.804. The number of methoxy groups -OCH3 is 1. The third kappa shape index (κ3) is 2.66. The van der Waals surface area contributed by atoms with E-state index in [0.29, 0.717) is 29.1 Å². The molecule has 0 saturated heterocycles. The van der Waals surface area contributed by atoms with Crippen molar-refractivity contribution in [2.75, 3.05) is 7.11 Å². The highest BCUT2D eigenvalue weighted by molar-refractivity contribution is 6.11. The molecule has 0 unspecified atom stereocenters. The minimum atomic E-state index is -0.481. The highest BCUT2D eigenvalue weighted by Crippen LogP contribution is 2.24. The molecule has 4 nitrogen and oxygen atoms in total. The number of carbonyl (C=O) groups is 1. The number of benzene rings is 1. The fraction of sp³-hybridized carbons (Fsp3) is 0.267. The molecule has 2 aromatic rings. The number of ether oxygens (including phenoxy) is 1. The van der Waals surface area contributed by atoms with E-state index in [1.54, 1.807) is 13.0 Å². The van der Waals surface area contributed by atoms with E-state index in [1.165, 1.54) is 25.3 Å². The van der Waals surface area contributed by atoms with Crippen molar-refractivity contribution >= 4 is 5.78 Å². The predicted molar refractivity (Wildman–Crippen MR) is 72.5 cm³/mol. The Labute approximate surface area is 116 Å². The van der Waals surface area contributed by atoms with E-state index in [0.717, 1.165) is 0 Å². The van der Waals surface area contributed by atoms with Gasteiger partial charge in [0.15, 0.2) is 5.78 Å². The van der Waals surface area contributed by atoms with Crippen LogP contribution in [-0.2, 0) is 6.42 Å². The SMILES string of the molecule is CCc1nnc(C)cc1C(=O)c1cc(F)ccc1OC. The van der Waals surface area contributed by atoms with Crippen LogP contribution in [0.25, 0.3) is 0 Å². The van der Waals surface area contributed by atoms with Crippen LogP contribution in [-0.4, -0.2) is 23.1 Å². The topological polar surface area (TPSA) is 52.1 Å². The summed E-state index contributed by atoms with van der Waals surface area (Å²) < 4.78 is 18.5. The average molecular weight is 274 g/mol. The Kier molecular flexibility index (Phi) is 4.08. The zero-order chi connectivity index (χ0) is 14.7. The van der Waals surface area contributed by atoms with Crippen LogP contribution in [0.4, 0.5) is 4.39 Å². The number of hydrogen-bond acceptors (Lipinski definition) is 4. The average Bonchev–Trinajstić information content (AvgIpc) is 2.46. The molecule has 0 saturated carbocycles. The molecule has 0 bridgehead atoms. The Morgan fingerprint density at radius 1 is 1.25 bits per heavy atom. The van der Waals surface area contributed by atoms with Crippen LogP contribution in [0.5, 0.6) is 5.75 Å². The minimum Gasteiger partial charge on any atom is -0.496 e.